The molecule has 2 rings (SSSR count). The third-order valence-electron chi connectivity index (χ3n) is 4.85. The summed E-state index contributed by atoms with van der Waals surface area (Å²) in [4.78, 5) is 7.11. The van der Waals surface area contributed by atoms with Gasteiger partial charge in [0.1, 0.15) is 0 Å². The highest BCUT2D eigenvalue weighted by molar-refractivity contribution is 5.80. The van der Waals surface area contributed by atoms with Crippen molar-refractivity contribution in [2.75, 3.05) is 39.9 Å². The summed E-state index contributed by atoms with van der Waals surface area (Å²) in [6, 6.07) is 5.22. The highest BCUT2D eigenvalue weighted by Crippen LogP contribution is 2.30. The molecule has 6 nitrogen and oxygen atoms in total. The molecule has 9 heteroatoms. The second-order valence-electron chi connectivity index (χ2n) is 7.34. The van der Waals surface area contributed by atoms with Crippen LogP contribution in [0.25, 0.3) is 0 Å². The lowest BCUT2D eigenvalue weighted by molar-refractivity contribution is -0.153. The van der Waals surface area contributed by atoms with Crippen LogP contribution >= 0.6 is 0 Å². The lowest BCUT2D eigenvalue weighted by atomic mass is 10.1. The van der Waals surface area contributed by atoms with Crippen LogP contribution in [0.3, 0.4) is 0 Å². The monoisotopic (exact) mass is 430 g/mol. The van der Waals surface area contributed by atoms with Gasteiger partial charge >= 0.3 is 6.18 Å². The number of nitrogens with zero attached hydrogens (tertiary/aromatic N) is 2. The quantitative estimate of drug-likeness (QED) is 0.463. The van der Waals surface area contributed by atoms with Crippen LogP contribution in [0.1, 0.15) is 38.7 Å². The molecule has 0 radical (unpaired) electrons. The maximum Gasteiger partial charge on any atom is 0.422 e. The Morgan fingerprint density at radius 3 is 2.53 bits per heavy atom. The maximum absolute atomic E-state index is 12.4. The van der Waals surface area contributed by atoms with Crippen molar-refractivity contribution in [2.45, 2.75) is 51.9 Å². The first-order valence-electron chi connectivity index (χ1n) is 10.5. The summed E-state index contributed by atoms with van der Waals surface area (Å²) >= 11 is 0. The molecule has 1 saturated heterocycles. The third-order valence-corrected chi connectivity index (χ3v) is 4.85. The second-order valence-corrected chi connectivity index (χ2v) is 7.34. The minimum atomic E-state index is -4.40. The molecule has 0 unspecified atom stereocenters. The van der Waals surface area contributed by atoms with Gasteiger partial charge in [0, 0.05) is 25.7 Å². The van der Waals surface area contributed by atoms with Crippen LogP contribution in [0.15, 0.2) is 23.2 Å². The summed E-state index contributed by atoms with van der Waals surface area (Å²) in [7, 11) is 1.40. The molecule has 0 saturated carbocycles. The highest BCUT2D eigenvalue weighted by atomic mass is 19.4. The Balaban J connectivity index is 1.96. The Labute approximate surface area is 176 Å². The molecule has 1 aliphatic heterocycles. The fraction of sp³-hybridized carbons (Fsp3) is 0.667. The molecular formula is C21H33F3N4O2. The Morgan fingerprint density at radius 2 is 1.93 bits per heavy atom. The zero-order chi connectivity index (χ0) is 22.0. The van der Waals surface area contributed by atoms with Crippen molar-refractivity contribution >= 4 is 5.96 Å². The van der Waals surface area contributed by atoms with E-state index in [4.69, 9.17) is 9.47 Å². The average molecular weight is 431 g/mol. The fourth-order valence-corrected chi connectivity index (χ4v) is 3.39. The van der Waals surface area contributed by atoms with E-state index in [9.17, 15) is 13.2 Å². The summed E-state index contributed by atoms with van der Waals surface area (Å²) in [5, 5.41) is 6.76. The number of benzene rings is 1. The number of hydrogen-bond acceptors (Lipinski definition) is 4. The van der Waals surface area contributed by atoms with Crippen molar-refractivity contribution in [1.29, 1.82) is 0 Å². The average Bonchev–Trinajstić information content (AvgIpc) is 2.72. The number of hydrogen-bond donors (Lipinski definition) is 2. The summed E-state index contributed by atoms with van der Waals surface area (Å²) in [6.07, 6.45) is -1.08. The number of halogens is 3. The number of nitrogens with one attached hydrogen (secondary N) is 2. The van der Waals surface area contributed by atoms with E-state index in [0.717, 1.165) is 50.5 Å². The summed E-state index contributed by atoms with van der Waals surface area (Å²) in [6.45, 7) is 7.29. The number of piperidine rings is 1. The van der Waals surface area contributed by atoms with Crippen LogP contribution in [0.4, 0.5) is 13.2 Å². The molecule has 1 aromatic rings. The zero-order valence-electron chi connectivity index (χ0n) is 18.0. The highest BCUT2D eigenvalue weighted by Gasteiger charge is 2.29. The standard InChI is InChI=1S/C21H33F3N4O2/c1-4-10-28-11-8-17(9-12-28)27-20(25-5-2)26-14-16-6-7-18(19(13-16)29-3)30-15-21(22,23)24/h6-7,13,17H,4-5,8-12,14-15H2,1-3H3,(H2,25,26,27). The zero-order valence-corrected chi connectivity index (χ0v) is 18.0. The van der Waals surface area contributed by atoms with Crippen LogP contribution in [0.2, 0.25) is 0 Å². The second kappa shape index (κ2) is 11.9. The predicted octanol–water partition coefficient (Wildman–Crippen LogP) is 3.57. The molecule has 0 amide bonds. The summed E-state index contributed by atoms with van der Waals surface area (Å²) < 4.78 is 47.2. The molecule has 2 N–H and O–H groups in total. The van der Waals surface area contributed by atoms with Gasteiger partial charge in [0.15, 0.2) is 24.1 Å². The third kappa shape index (κ3) is 8.30. The van der Waals surface area contributed by atoms with Crippen LogP contribution in [-0.2, 0) is 6.54 Å². The van der Waals surface area contributed by atoms with Crippen molar-refractivity contribution < 1.29 is 22.6 Å². The number of methoxy groups -OCH3 is 1. The molecule has 170 valence electrons. The van der Waals surface area contributed by atoms with Crippen molar-refractivity contribution in [3.05, 3.63) is 23.8 Å². The van der Waals surface area contributed by atoms with E-state index in [1.54, 1.807) is 12.1 Å². The molecule has 1 fully saturated rings. The van der Waals surface area contributed by atoms with E-state index < -0.39 is 12.8 Å². The first-order chi connectivity index (χ1) is 14.3. The molecule has 1 aromatic carbocycles. The van der Waals surface area contributed by atoms with Crippen LogP contribution in [0.5, 0.6) is 11.5 Å². The van der Waals surface area contributed by atoms with E-state index in [-0.39, 0.29) is 11.5 Å². The Bertz CT molecular complexity index is 675. The topological polar surface area (TPSA) is 58.1 Å². The molecule has 0 bridgehead atoms. The van der Waals surface area contributed by atoms with Gasteiger partial charge in [-0.1, -0.05) is 13.0 Å². The van der Waals surface area contributed by atoms with Crippen molar-refractivity contribution in [1.82, 2.24) is 15.5 Å². The van der Waals surface area contributed by atoms with Gasteiger partial charge in [-0.25, -0.2) is 4.99 Å². The smallest absolute Gasteiger partial charge is 0.422 e. The predicted molar refractivity (Wildman–Crippen MR) is 112 cm³/mol. The minimum Gasteiger partial charge on any atom is -0.493 e. The number of alkyl halides is 3. The van der Waals surface area contributed by atoms with E-state index in [0.29, 0.717) is 12.6 Å². The molecular weight excluding hydrogens is 397 g/mol. The molecule has 1 heterocycles. The minimum absolute atomic E-state index is 0.0615. The van der Waals surface area contributed by atoms with Crippen molar-refractivity contribution in [3.63, 3.8) is 0 Å². The number of guanidine groups is 1. The molecule has 0 atom stereocenters. The number of rotatable bonds is 9. The van der Waals surface area contributed by atoms with Gasteiger partial charge in [-0.2, -0.15) is 13.2 Å². The molecule has 0 spiro atoms. The van der Waals surface area contributed by atoms with Gasteiger partial charge in [0.25, 0.3) is 0 Å². The number of aliphatic imine (C=N–C) groups is 1. The van der Waals surface area contributed by atoms with E-state index in [1.165, 1.54) is 19.6 Å². The van der Waals surface area contributed by atoms with Gasteiger partial charge in [0.2, 0.25) is 0 Å². The fourth-order valence-electron chi connectivity index (χ4n) is 3.39. The van der Waals surface area contributed by atoms with Crippen molar-refractivity contribution in [2.24, 2.45) is 4.99 Å². The van der Waals surface area contributed by atoms with Gasteiger partial charge in [-0.15, -0.1) is 0 Å². The van der Waals surface area contributed by atoms with Gasteiger partial charge < -0.3 is 25.0 Å². The maximum atomic E-state index is 12.4. The Kier molecular flexibility index (Phi) is 9.55. The number of ether oxygens (including phenoxy) is 2. The van der Waals surface area contributed by atoms with Crippen LogP contribution in [-0.4, -0.2) is 63.0 Å². The SMILES string of the molecule is CCCN1CCC(NC(=NCc2ccc(OCC(F)(F)F)c(OC)c2)NCC)CC1. The first-order valence-corrected chi connectivity index (χ1v) is 10.5. The van der Waals surface area contributed by atoms with Crippen LogP contribution < -0.4 is 20.1 Å². The Hall–Kier alpha value is -2.16. The van der Waals surface area contributed by atoms with Crippen LogP contribution in [0, 0.1) is 0 Å². The molecule has 0 aliphatic carbocycles. The van der Waals surface area contributed by atoms with E-state index >= 15 is 0 Å². The van der Waals surface area contributed by atoms with Gasteiger partial charge in [0.05, 0.1) is 13.7 Å². The lowest BCUT2D eigenvalue weighted by Crippen LogP contribution is -2.48. The van der Waals surface area contributed by atoms with E-state index in [2.05, 4.69) is 27.4 Å². The molecule has 0 aromatic heterocycles. The summed E-state index contributed by atoms with van der Waals surface area (Å²) in [5.74, 6) is 1.06. The molecule has 30 heavy (non-hydrogen) atoms. The number of likely N-dealkylation sites (tertiary alicyclic amines) is 1. The Morgan fingerprint density at radius 1 is 1.20 bits per heavy atom. The van der Waals surface area contributed by atoms with E-state index in [1.807, 2.05) is 6.92 Å². The summed E-state index contributed by atoms with van der Waals surface area (Å²) in [5.41, 5.74) is 0.821. The van der Waals surface area contributed by atoms with Crippen molar-refractivity contribution in [3.8, 4) is 11.5 Å². The van der Waals surface area contributed by atoms with Gasteiger partial charge in [-0.05, 0) is 50.4 Å². The largest absolute Gasteiger partial charge is 0.493 e. The lowest BCUT2D eigenvalue weighted by Gasteiger charge is -2.32. The normalized spacial score (nSPS) is 16.4. The first kappa shape index (κ1) is 24.1. The van der Waals surface area contributed by atoms with Gasteiger partial charge in [-0.3, -0.25) is 0 Å². The molecule has 1 aliphatic rings.